The summed E-state index contributed by atoms with van der Waals surface area (Å²) in [5, 5.41) is 17.4. The maximum atomic E-state index is 12.6. The van der Waals surface area contributed by atoms with Crippen LogP contribution in [0.25, 0.3) is 10.9 Å². The van der Waals surface area contributed by atoms with Gasteiger partial charge in [0.1, 0.15) is 12.3 Å². The number of hydrogen-bond acceptors (Lipinski definition) is 6. The zero-order valence-corrected chi connectivity index (χ0v) is 19.7. The SMILES string of the molecule is O=C(Cn1ccc2c(/C=N/NC(=O)c3ccc(O)c(Cl)c3)cccc21)NCc1ccc2c(c1)OCO2. The van der Waals surface area contributed by atoms with E-state index >= 15 is 0 Å². The normalized spacial score (nSPS) is 12.2. The number of aromatic hydroxyl groups is 1. The zero-order valence-electron chi connectivity index (χ0n) is 18.9. The molecule has 5 rings (SSSR count). The molecule has 0 saturated carbocycles. The first-order chi connectivity index (χ1) is 17.5. The Kier molecular flexibility index (Phi) is 6.46. The molecule has 4 aromatic rings. The standard InChI is InChI=1S/C26H21ClN4O5/c27-20-11-17(5-6-22(20)32)26(34)30-29-13-18-2-1-3-21-19(18)8-9-31(21)14-25(33)28-12-16-4-7-23-24(10-16)36-15-35-23/h1-11,13,32H,12,14-15H2,(H,28,33)(H,30,34)/b29-13+. The minimum Gasteiger partial charge on any atom is -0.506 e. The quantitative estimate of drug-likeness (QED) is 0.261. The van der Waals surface area contributed by atoms with Gasteiger partial charge in [0.2, 0.25) is 12.7 Å². The molecule has 1 aliphatic rings. The van der Waals surface area contributed by atoms with E-state index in [1.54, 1.807) is 0 Å². The highest BCUT2D eigenvalue weighted by atomic mass is 35.5. The first-order valence-corrected chi connectivity index (χ1v) is 11.4. The maximum Gasteiger partial charge on any atom is 0.271 e. The summed E-state index contributed by atoms with van der Waals surface area (Å²) in [6, 6.07) is 17.2. The van der Waals surface area contributed by atoms with E-state index in [9.17, 15) is 14.7 Å². The van der Waals surface area contributed by atoms with E-state index in [0.717, 1.165) is 22.0 Å². The second-order valence-corrected chi connectivity index (χ2v) is 8.46. The highest BCUT2D eigenvalue weighted by Gasteiger charge is 2.14. The monoisotopic (exact) mass is 504 g/mol. The molecule has 0 spiro atoms. The second kappa shape index (κ2) is 10.0. The number of phenolic OH excluding ortho intramolecular Hbond substituents is 1. The number of fused-ring (bicyclic) bond motifs is 2. The number of aromatic nitrogens is 1. The molecule has 2 amide bonds. The number of nitrogens with zero attached hydrogens (tertiary/aromatic N) is 2. The summed E-state index contributed by atoms with van der Waals surface area (Å²) < 4.78 is 12.5. The van der Waals surface area contributed by atoms with Crippen LogP contribution in [0.1, 0.15) is 21.5 Å². The number of carbonyl (C=O) groups is 2. The van der Waals surface area contributed by atoms with Crippen molar-refractivity contribution >= 4 is 40.5 Å². The Hall–Kier alpha value is -4.50. The van der Waals surface area contributed by atoms with Gasteiger partial charge in [0.05, 0.1) is 11.2 Å². The molecule has 0 bridgehead atoms. The van der Waals surface area contributed by atoms with Crippen LogP contribution in [-0.2, 0) is 17.9 Å². The Morgan fingerprint density at radius 1 is 1.08 bits per heavy atom. The molecule has 9 nitrogen and oxygen atoms in total. The van der Waals surface area contributed by atoms with Gasteiger partial charge in [-0.15, -0.1) is 0 Å². The first kappa shape index (κ1) is 23.3. The summed E-state index contributed by atoms with van der Waals surface area (Å²) in [7, 11) is 0. The molecule has 0 radical (unpaired) electrons. The Balaban J connectivity index is 1.22. The Morgan fingerprint density at radius 2 is 1.94 bits per heavy atom. The van der Waals surface area contributed by atoms with Crippen LogP contribution in [-0.4, -0.2) is 34.5 Å². The number of amides is 2. The molecule has 10 heteroatoms. The number of ether oxygens (including phenoxy) is 2. The minimum atomic E-state index is -0.461. The third kappa shape index (κ3) is 4.96. The molecule has 0 aliphatic carbocycles. The van der Waals surface area contributed by atoms with Gasteiger partial charge in [0, 0.05) is 34.8 Å². The molecule has 0 unspecified atom stereocenters. The molecule has 1 aromatic heterocycles. The third-order valence-electron chi connectivity index (χ3n) is 5.67. The number of hydrogen-bond donors (Lipinski definition) is 3. The molecule has 3 N–H and O–H groups in total. The van der Waals surface area contributed by atoms with Crippen molar-refractivity contribution in [3.8, 4) is 17.2 Å². The summed E-state index contributed by atoms with van der Waals surface area (Å²) in [5.74, 6) is 0.679. The molecule has 0 saturated heterocycles. The number of benzene rings is 3. The van der Waals surface area contributed by atoms with E-state index in [-0.39, 0.29) is 35.6 Å². The summed E-state index contributed by atoms with van der Waals surface area (Å²) in [5.41, 5.74) is 5.26. The number of nitrogens with one attached hydrogen (secondary N) is 2. The van der Waals surface area contributed by atoms with Crippen molar-refractivity contribution in [2.75, 3.05) is 6.79 Å². The summed E-state index contributed by atoms with van der Waals surface area (Å²) >= 11 is 5.85. The number of carbonyl (C=O) groups excluding carboxylic acids is 2. The molecule has 0 fully saturated rings. The lowest BCUT2D eigenvalue weighted by atomic mass is 10.1. The largest absolute Gasteiger partial charge is 0.506 e. The van der Waals surface area contributed by atoms with Crippen LogP contribution in [0.4, 0.5) is 0 Å². The number of phenols is 1. The first-order valence-electron chi connectivity index (χ1n) is 11.0. The predicted molar refractivity (Wildman–Crippen MR) is 135 cm³/mol. The summed E-state index contributed by atoms with van der Waals surface area (Å²) in [6.45, 7) is 0.726. The average molecular weight is 505 g/mol. The lowest BCUT2D eigenvalue weighted by molar-refractivity contribution is -0.121. The van der Waals surface area contributed by atoms with Crippen molar-refractivity contribution in [3.05, 3.63) is 88.6 Å². The molecule has 3 aromatic carbocycles. The average Bonchev–Trinajstić information content (AvgIpc) is 3.51. The van der Waals surface area contributed by atoms with Gasteiger partial charge in [0.15, 0.2) is 11.5 Å². The van der Waals surface area contributed by atoms with E-state index in [0.29, 0.717) is 18.0 Å². The number of rotatable bonds is 7. The van der Waals surface area contributed by atoms with Crippen LogP contribution in [0.2, 0.25) is 5.02 Å². The maximum absolute atomic E-state index is 12.6. The molecule has 36 heavy (non-hydrogen) atoms. The molecule has 0 atom stereocenters. The minimum absolute atomic E-state index is 0.0812. The fourth-order valence-corrected chi connectivity index (χ4v) is 4.01. The highest BCUT2D eigenvalue weighted by Crippen LogP contribution is 2.32. The van der Waals surface area contributed by atoms with Crippen molar-refractivity contribution in [2.24, 2.45) is 5.10 Å². The van der Waals surface area contributed by atoms with Crippen molar-refractivity contribution in [2.45, 2.75) is 13.1 Å². The fourth-order valence-electron chi connectivity index (χ4n) is 3.83. The highest BCUT2D eigenvalue weighted by molar-refractivity contribution is 6.32. The summed E-state index contributed by atoms with van der Waals surface area (Å²) in [6.07, 6.45) is 3.37. The second-order valence-electron chi connectivity index (χ2n) is 8.05. The predicted octanol–water partition coefficient (Wildman–Crippen LogP) is 3.81. The Morgan fingerprint density at radius 3 is 2.81 bits per heavy atom. The molecular formula is C26H21ClN4O5. The van der Waals surface area contributed by atoms with E-state index in [1.165, 1.54) is 24.4 Å². The molecule has 1 aliphatic heterocycles. The van der Waals surface area contributed by atoms with Gasteiger partial charge in [-0.2, -0.15) is 5.10 Å². The summed E-state index contributed by atoms with van der Waals surface area (Å²) in [4.78, 5) is 24.9. The van der Waals surface area contributed by atoms with Crippen molar-refractivity contribution in [1.29, 1.82) is 0 Å². The number of halogens is 1. The smallest absolute Gasteiger partial charge is 0.271 e. The van der Waals surface area contributed by atoms with E-state index in [2.05, 4.69) is 15.8 Å². The topological polar surface area (TPSA) is 114 Å². The van der Waals surface area contributed by atoms with E-state index in [1.807, 2.05) is 53.2 Å². The van der Waals surface area contributed by atoms with Gasteiger partial charge in [-0.05, 0) is 48.0 Å². The molecular weight excluding hydrogens is 484 g/mol. The van der Waals surface area contributed by atoms with Crippen LogP contribution < -0.4 is 20.2 Å². The fraction of sp³-hybridized carbons (Fsp3) is 0.115. The van der Waals surface area contributed by atoms with Crippen LogP contribution in [0.15, 0.2) is 72.0 Å². The van der Waals surface area contributed by atoms with Gasteiger partial charge < -0.3 is 24.5 Å². The van der Waals surface area contributed by atoms with Gasteiger partial charge in [-0.25, -0.2) is 5.43 Å². The van der Waals surface area contributed by atoms with E-state index in [4.69, 9.17) is 21.1 Å². The van der Waals surface area contributed by atoms with Gasteiger partial charge >= 0.3 is 0 Å². The Bertz CT molecular complexity index is 1500. The van der Waals surface area contributed by atoms with Gasteiger partial charge in [-0.3, -0.25) is 9.59 Å². The lowest BCUT2D eigenvalue weighted by Crippen LogP contribution is -2.26. The van der Waals surface area contributed by atoms with E-state index < -0.39 is 5.91 Å². The van der Waals surface area contributed by atoms with Crippen LogP contribution in [0.3, 0.4) is 0 Å². The zero-order chi connectivity index (χ0) is 25.1. The van der Waals surface area contributed by atoms with Crippen molar-refractivity contribution in [3.63, 3.8) is 0 Å². The van der Waals surface area contributed by atoms with Crippen LogP contribution >= 0.6 is 11.6 Å². The van der Waals surface area contributed by atoms with Crippen molar-refractivity contribution < 1.29 is 24.2 Å². The van der Waals surface area contributed by atoms with Crippen molar-refractivity contribution in [1.82, 2.24) is 15.3 Å². The third-order valence-corrected chi connectivity index (χ3v) is 5.97. The molecule has 2 heterocycles. The molecule has 182 valence electrons. The number of hydrazone groups is 1. The van der Waals surface area contributed by atoms with Crippen LogP contribution in [0, 0.1) is 0 Å². The van der Waals surface area contributed by atoms with Gasteiger partial charge in [0.25, 0.3) is 5.91 Å². The lowest BCUT2D eigenvalue weighted by Gasteiger charge is -2.08. The van der Waals surface area contributed by atoms with Gasteiger partial charge in [-0.1, -0.05) is 29.8 Å². The Labute approximate surface area is 210 Å². The van der Waals surface area contributed by atoms with Crippen LogP contribution in [0.5, 0.6) is 17.2 Å².